The lowest BCUT2D eigenvalue weighted by Crippen LogP contribution is -1.91. The van der Waals surface area contributed by atoms with Crippen LogP contribution in [-0.4, -0.2) is 12.9 Å². The molecule has 0 aliphatic rings. The number of benzene rings is 1. The summed E-state index contributed by atoms with van der Waals surface area (Å²) in [5.41, 5.74) is 1.24. The van der Waals surface area contributed by atoms with E-state index in [0.717, 1.165) is 18.6 Å². The van der Waals surface area contributed by atoms with Crippen LogP contribution in [-0.2, 0) is 6.42 Å². The fraction of sp³-hybridized carbons (Fsp3) is 0.400. The lowest BCUT2D eigenvalue weighted by molar-refractivity contribution is 0.414. The molecule has 0 aliphatic carbocycles. The van der Waals surface area contributed by atoms with Gasteiger partial charge >= 0.3 is 0 Å². The summed E-state index contributed by atoms with van der Waals surface area (Å²) in [6.07, 6.45) is 1.84. The normalized spacial score (nSPS) is 12.5. The number of aryl methyl sites for hydroxylation is 1. The van der Waals surface area contributed by atoms with Crippen molar-refractivity contribution >= 4 is 39.7 Å². The highest BCUT2D eigenvalue weighted by molar-refractivity contribution is 8.79. The lowest BCUT2D eigenvalue weighted by Gasteiger charge is -2.14. The highest BCUT2D eigenvalue weighted by Gasteiger charge is 2.12. The first kappa shape index (κ1) is 13.3. The fourth-order valence-electron chi connectivity index (χ4n) is 1.23. The molecule has 0 amide bonds. The molecule has 0 N–H and O–H groups in total. The minimum atomic E-state index is -1.92. The third-order valence-electron chi connectivity index (χ3n) is 2.00. The van der Waals surface area contributed by atoms with E-state index in [1.807, 2.05) is 24.3 Å². The SMILES string of the molecule is COc1ccc(CCCS(Cl)(Cl)Cl)cc1. The van der Waals surface area contributed by atoms with E-state index in [9.17, 15) is 0 Å². The van der Waals surface area contributed by atoms with E-state index < -0.39 is 7.67 Å². The van der Waals surface area contributed by atoms with Gasteiger partial charge in [0.15, 0.2) is 0 Å². The third-order valence-corrected chi connectivity index (χ3v) is 4.14. The Morgan fingerprint density at radius 2 is 1.73 bits per heavy atom. The molecule has 1 aromatic carbocycles. The molecule has 0 aromatic heterocycles. The van der Waals surface area contributed by atoms with E-state index in [4.69, 9.17) is 36.8 Å². The molecule has 0 saturated heterocycles. The molecule has 0 aliphatic heterocycles. The number of hydrogen-bond donors (Lipinski definition) is 0. The van der Waals surface area contributed by atoms with Crippen LogP contribution in [0.5, 0.6) is 5.75 Å². The number of ether oxygens (including phenoxy) is 1. The topological polar surface area (TPSA) is 9.23 Å². The van der Waals surface area contributed by atoms with Gasteiger partial charge in [-0.3, -0.25) is 0 Å². The van der Waals surface area contributed by atoms with Crippen molar-refractivity contribution in [1.82, 2.24) is 0 Å². The van der Waals surface area contributed by atoms with Crippen LogP contribution >= 0.6 is 39.7 Å². The second kappa shape index (κ2) is 6.09. The molecule has 0 unspecified atom stereocenters. The maximum Gasteiger partial charge on any atom is 0.118 e. The van der Waals surface area contributed by atoms with E-state index in [-0.39, 0.29) is 0 Å². The summed E-state index contributed by atoms with van der Waals surface area (Å²) >= 11 is 0. The van der Waals surface area contributed by atoms with E-state index in [0.29, 0.717) is 5.75 Å². The first-order chi connectivity index (χ1) is 7.01. The van der Waals surface area contributed by atoms with Crippen molar-refractivity contribution in [3.05, 3.63) is 29.8 Å². The Balaban J connectivity index is 2.38. The van der Waals surface area contributed by atoms with Crippen LogP contribution in [0.25, 0.3) is 0 Å². The summed E-state index contributed by atoms with van der Waals surface area (Å²) in [5.74, 6) is 1.52. The van der Waals surface area contributed by atoms with E-state index in [1.165, 1.54) is 5.56 Å². The molecule has 0 fully saturated rings. The van der Waals surface area contributed by atoms with E-state index >= 15 is 0 Å². The molecule has 0 saturated carbocycles. The molecule has 1 aromatic rings. The van der Waals surface area contributed by atoms with Crippen molar-refractivity contribution in [3.8, 4) is 5.75 Å². The van der Waals surface area contributed by atoms with Gasteiger partial charge in [-0.05, 0) is 70.3 Å². The molecule has 0 atom stereocenters. The second-order valence-corrected chi connectivity index (χ2v) is 10.7. The van der Waals surface area contributed by atoms with Gasteiger partial charge in [0, 0.05) is 5.75 Å². The smallest absolute Gasteiger partial charge is 0.118 e. The largest absolute Gasteiger partial charge is 0.497 e. The molecule has 0 radical (unpaired) electrons. The predicted molar refractivity (Wildman–Crippen MR) is 71.3 cm³/mol. The molecule has 0 bridgehead atoms. The Morgan fingerprint density at radius 1 is 1.13 bits per heavy atom. The fourth-order valence-corrected chi connectivity index (χ4v) is 2.69. The molecule has 15 heavy (non-hydrogen) atoms. The number of methoxy groups -OCH3 is 1. The van der Waals surface area contributed by atoms with Crippen molar-refractivity contribution in [2.45, 2.75) is 12.8 Å². The summed E-state index contributed by atoms with van der Waals surface area (Å²) < 4.78 is 5.07. The minimum absolute atomic E-state index is 0.656. The quantitative estimate of drug-likeness (QED) is 0.749. The van der Waals surface area contributed by atoms with Crippen LogP contribution in [0, 0.1) is 0 Å². The first-order valence-corrected chi connectivity index (χ1v) is 8.82. The van der Waals surface area contributed by atoms with Crippen LogP contribution in [0.15, 0.2) is 24.3 Å². The summed E-state index contributed by atoms with van der Waals surface area (Å²) in [6, 6.07) is 7.95. The Hall–Kier alpha value is 0.240. The van der Waals surface area contributed by atoms with Gasteiger partial charge in [0.2, 0.25) is 0 Å². The molecule has 5 heteroatoms. The standard InChI is InChI=1S/C10H13Cl3OS/c1-14-10-6-4-9(5-7-10)3-2-8-15(11,12)13/h4-7H,2-3,8H2,1H3. The molecule has 0 spiro atoms. The Labute approximate surface area is 105 Å². The van der Waals surface area contributed by atoms with Gasteiger partial charge in [-0.15, -0.1) is 0 Å². The van der Waals surface area contributed by atoms with E-state index in [1.54, 1.807) is 7.11 Å². The maximum absolute atomic E-state index is 5.74. The number of hydrogen-bond acceptors (Lipinski definition) is 1. The number of halogens is 3. The highest BCUT2D eigenvalue weighted by Crippen LogP contribution is 2.63. The van der Waals surface area contributed by atoms with Crippen molar-refractivity contribution in [2.75, 3.05) is 12.9 Å². The molecule has 1 rings (SSSR count). The number of rotatable bonds is 5. The van der Waals surface area contributed by atoms with Gasteiger partial charge in [0.25, 0.3) is 0 Å². The molecule has 86 valence electrons. The summed E-state index contributed by atoms with van der Waals surface area (Å²) in [5, 5.41) is 0. The molecule has 1 nitrogen and oxygen atoms in total. The third kappa shape index (κ3) is 5.76. The Kier molecular flexibility index (Phi) is 5.41. The summed E-state index contributed by atoms with van der Waals surface area (Å²) in [7, 11) is 17.0. The predicted octanol–water partition coefficient (Wildman–Crippen LogP) is 4.89. The van der Waals surface area contributed by atoms with Crippen molar-refractivity contribution in [3.63, 3.8) is 0 Å². The maximum atomic E-state index is 5.74. The Morgan fingerprint density at radius 3 is 2.20 bits per heavy atom. The highest BCUT2D eigenvalue weighted by atomic mass is 36.2. The van der Waals surface area contributed by atoms with Gasteiger partial charge in [-0.25, -0.2) is 0 Å². The average Bonchev–Trinajstić information content (AvgIpc) is 2.17. The van der Waals surface area contributed by atoms with Crippen LogP contribution in [0.1, 0.15) is 12.0 Å². The van der Waals surface area contributed by atoms with Crippen LogP contribution in [0.2, 0.25) is 0 Å². The minimum Gasteiger partial charge on any atom is -0.497 e. The summed E-state index contributed by atoms with van der Waals surface area (Å²) in [6.45, 7) is 0. The van der Waals surface area contributed by atoms with Crippen molar-refractivity contribution in [2.24, 2.45) is 0 Å². The van der Waals surface area contributed by atoms with Gasteiger partial charge in [-0.1, -0.05) is 12.1 Å². The zero-order valence-electron chi connectivity index (χ0n) is 8.38. The summed E-state index contributed by atoms with van der Waals surface area (Å²) in [4.78, 5) is 0. The molecule has 0 heterocycles. The van der Waals surface area contributed by atoms with Crippen molar-refractivity contribution in [1.29, 1.82) is 0 Å². The van der Waals surface area contributed by atoms with Gasteiger partial charge in [-0.2, -0.15) is 0 Å². The van der Waals surface area contributed by atoms with Gasteiger partial charge in [0.1, 0.15) is 5.75 Å². The second-order valence-electron chi connectivity index (χ2n) is 3.16. The van der Waals surface area contributed by atoms with Gasteiger partial charge < -0.3 is 4.74 Å². The van der Waals surface area contributed by atoms with Crippen LogP contribution in [0.4, 0.5) is 0 Å². The van der Waals surface area contributed by atoms with Gasteiger partial charge in [0.05, 0.1) is 7.11 Å². The zero-order chi connectivity index (χ0) is 11.3. The van der Waals surface area contributed by atoms with Crippen molar-refractivity contribution < 1.29 is 4.74 Å². The monoisotopic (exact) mass is 286 g/mol. The zero-order valence-corrected chi connectivity index (χ0v) is 11.5. The Bertz CT molecular complexity index is 295. The first-order valence-electron chi connectivity index (χ1n) is 4.54. The average molecular weight is 288 g/mol. The van der Waals surface area contributed by atoms with Crippen LogP contribution in [0.3, 0.4) is 0 Å². The molecular weight excluding hydrogens is 275 g/mol. The van der Waals surface area contributed by atoms with Crippen LogP contribution < -0.4 is 4.74 Å². The lowest BCUT2D eigenvalue weighted by atomic mass is 10.1. The van der Waals surface area contributed by atoms with E-state index in [2.05, 4.69) is 0 Å². The molecular formula is C10H13Cl3OS.